The predicted octanol–water partition coefficient (Wildman–Crippen LogP) is 4.27. The number of carbonyl (C=O) groups is 1. The molecule has 31 heavy (non-hydrogen) atoms. The summed E-state index contributed by atoms with van der Waals surface area (Å²) in [5.41, 5.74) is 2.21. The van der Waals surface area contributed by atoms with Crippen molar-refractivity contribution < 1.29 is 14.1 Å². The second-order valence-electron chi connectivity index (χ2n) is 7.29. The number of nitrogens with one attached hydrogen (secondary N) is 2. The third kappa shape index (κ3) is 4.97. The van der Waals surface area contributed by atoms with Gasteiger partial charge < -0.3 is 20.0 Å². The highest BCUT2D eigenvalue weighted by atomic mass is 16.6. The summed E-state index contributed by atoms with van der Waals surface area (Å²) in [4.78, 5) is 33.6. The minimum Gasteiger partial charge on any atom is -0.395 e. The molecule has 10 nitrogen and oxygen atoms in total. The van der Waals surface area contributed by atoms with Crippen LogP contribution in [0.1, 0.15) is 35.5 Å². The van der Waals surface area contributed by atoms with Crippen molar-refractivity contribution >= 4 is 34.9 Å². The van der Waals surface area contributed by atoms with Gasteiger partial charge in [-0.15, -0.1) is 0 Å². The first-order valence-corrected chi connectivity index (χ1v) is 10.0. The molecule has 0 saturated carbocycles. The van der Waals surface area contributed by atoms with Gasteiger partial charge in [-0.3, -0.25) is 14.9 Å². The summed E-state index contributed by atoms with van der Waals surface area (Å²) in [6, 6.07) is 11.3. The first-order valence-electron chi connectivity index (χ1n) is 10.0. The molecule has 1 amide bonds. The van der Waals surface area contributed by atoms with Gasteiger partial charge in [-0.05, 0) is 56.5 Å². The lowest BCUT2D eigenvalue weighted by molar-refractivity contribution is -0.402. The number of hydrogen-bond donors (Lipinski definition) is 2. The van der Waals surface area contributed by atoms with Crippen LogP contribution in [0.5, 0.6) is 0 Å². The fourth-order valence-corrected chi connectivity index (χ4v) is 3.38. The second-order valence-corrected chi connectivity index (χ2v) is 7.29. The molecule has 160 valence electrons. The number of amides is 1. The topological polar surface area (TPSA) is 126 Å². The van der Waals surface area contributed by atoms with E-state index >= 15 is 0 Å². The molecule has 0 atom stereocenters. The highest BCUT2D eigenvalue weighted by Crippen LogP contribution is 2.23. The Bertz CT molecular complexity index is 1090. The highest BCUT2D eigenvalue weighted by molar-refractivity contribution is 6.02. The van der Waals surface area contributed by atoms with E-state index in [0.717, 1.165) is 49.3 Å². The number of aryl methyl sites for hydroxylation is 1. The zero-order valence-electron chi connectivity index (χ0n) is 17.0. The first-order chi connectivity index (χ1) is 15.0. The first kappa shape index (κ1) is 20.3. The van der Waals surface area contributed by atoms with E-state index in [-0.39, 0.29) is 5.76 Å². The lowest BCUT2D eigenvalue weighted by Crippen LogP contribution is -2.31. The summed E-state index contributed by atoms with van der Waals surface area (Å²) in [6.45, 7) is 3.88. The maximum absolute atomic E-state index is 12.2. The van der Waals surface area contributed by atoms with Crippen LogP contribution in [-0.4, -0.2) is 33.9 Å². The Hall–Kier alpha value is -3.95. The molecular formula is C21H22N6O4. The summed E-state index contributed by atoms with van der Waals surface area (Å²) >= 11 is 0. The van der Waals surface area contributed by atoms with Crippen LogP contribution in [0.15, 0.2) is 46.9 Å². The average molecular weight is 422 g/mol. The van der Waals surface area contributed by atoms with Crippen LogP contribution in [0.25, 0.3) is 0 Å². The van der Waals surface area contributed by atoms with Crippen LogP contribution in [0, 0.1) is 17.0 Å². The van der Waals surface area contributed by atoms with Crippen molar-refractivity contribution in [3.8, 4) is 0 Å². The number of aromatic nitrogens is 2. The molecule has 2 aromatic heterocycles. The van der Waals surface area contributed by atoms with E-state index in [9.17, 15) is 14.9 Å². The zero-order chi connectivity index (χ0) is 21.8. The maximum atomic E-state index is 12.2. The van der Waals surface area contributed by atoms with E-state index in [1.165, 1.54) is 12.5 Å². The number of nitrogens with zero attached hydrogens (tertiary/aromatic N) is 4. The van der Waals surface area contributed by atoms with Gasteiger partial charge in [0.25, 0.3) is 5.91 Å². The van der Waals surface area contributed by atoms with Gasteiger partial charge >= 0.3 is 5.88 Å². The Balaban J connectivity index is 1.42. The normalized spacial score (nSPS) is 13.6. The molecule has 3 aromatic rings. The van der Waals surface area contributed by atoms with Crippen LogP contribution in [0.4, 0.5) is 29.0 Å². The van der Waals surface area contributed by atoms with Crippen molar-refractivity contribution in [1.29, 1.82) is 0 Å². The minimum atomic E-state index is -0.692. The minimum absolute atomic E-state index is 0.129. The molecule has 0 spiro atoms. The van der Waals surface area contributed by atoms with Crippen molar-refractivity contribution in [3.05, 3.63) is 64.0 Å². The quantitative estimate of drug-likeness (QED) is 0.445. The standard InChI is InChI=1S/C21H22N6O4/c1-14-13-18(25-21(22-14)26-11-3-2-4-12-26)23-15-5-7-16(8-6-15)24-20(28)17-9-10-19(31-17)27(29)30/h5-10,13H,2-4,11-12H2,1H3,(H,24,28)(H,22,23,25). The Morgan fingerprint density at radius 1 is 1.06 bits per heavy atom. The van der Waals surface area contributed by atoms with Crippen LogP contribution in [-0.2, 0) is 0 Å². The Labute approximate surface area is 178 Å². The van der Waals surface area contributed by atoms with Gasteiger partial charge in [0.05, 0.1) is 6.07 Å². The molecule has 3 heterocycles. The van der Waals surface area contributed by atoms with Gasteiger partial charge in [-0.2, -0.15) is 4.98 Å². The van der Waals surface area contributed by atoms with Gasteiger partial charge in [-0.25, -0.2) is 4.98 Å². The monoisotopic (exact) mass is 422 g/mol. The third-order valence-corrected chi connectivity index (χ3v) is 4.89. The summed E-state index contributed by atoms with van der Waals surface area (Å²) in [5.74, 6) is 0.266. The summed E-state index contributed by atoms with van der Waals surface area (Å²) in [7, 11) is 0. The molecule has 0 aliphatic carbocycles. The van der Waals surface area contributed by atoms with E-state index in [1.807, 2.05) is 13.0 Å². The number of rotatable bonds is 6. The molecule has 1 aliphatic rings. The van der Waals surface area contributed by atoms with Crippen LogP contribution >= 0.6 is 0 Å². The van der Waals surface area contributed by atoms with Gasteiger partial charge in [0, 0.05) is 36.2 Å². The Kier molecular flexibility index (Phi) is 5.78. The maximum Gasteiger partial charge on any atom is 0.433 e. The van der Waals surface area contributed by atoms with E-state index in [0.29, 0.717) is 11.5 Å². The van der Waals surface area contributed by atoms with Crippen molar-refractivity contribution in [2.45, 2.75) is 26.2 Å². The fraction of sp³-hybridized carbons (Fsp3) is 0.286. The molecule has 1 aliphatic heterocycles. The fourth-order valence-electron chi connectivity index (χ4n) is 3.38. The molecule has 0 radical (unpaired) electrons. The van der Waals surface area contributed by atoms with Gasteiger partial charge in [-0.1, -0.05) is 0 Å². The molecule has 4 rings (SSSR count). The smallest absolute Gasteiger partial charge is 0.395 e. The van der Waals surface area contributed by atoms with E-state index in [1.54, 1.807) is 24.3 Å². The molecule has 1 saturated heterocycles. The van der Waals surface area contributed by atoms with Gasteiger partial charge in [0.2, 0.25) is 5.95 Å². The lowest BCUT2D eigenvalue weighted by atomic mass is 10.1. The van der Waals surface area contributed by atoms with E-state index < -0.39 is 16.7 Å². The average Bonchev–Trinajstić information content (AvgIpc) is 3.26. The summed E-state index contributed by atoms with van der Waals surface area (Å²) in [6.07, 6.45) is 3.55. The number of hydrogen-bond acceptors (Lipinski definition) is 8. The Morgan fingerprint density at radius 3 is 2.45 bits per heavy atom. The number of anilines is 4. The van der Waals surface area contributed by atoms with Crippen molar-refractivity contribution in [2.75, 3.05) is 28.6 Å². The van der Waals surface area contributed by atoms with E-state index in [2.05, 4.69) is 25.5 Å². The van der Waals surface area contributed by atoms with Crippen molar-refractivity contribution in [1.82, 2.24) is 9.97 Å². The number of carbonyl (C=O) groups excluding carboxylic acids is 1. The molecular weight excluding hydrogens is 400 g/mol. The van der Waals surface area contributed by atoms with Gasteiger partial charge in [0.1, 0.15) is 10.7 Å². The molecule has 10 heteroatoms. The lowest BCUT2D eigenvalue weighted by Gasteiger charge is -2.27. The number of benzene rings is 1. The molecule has 0 unspecified atom stereocenters. The van der Waals surface area contributed by atoms with Gasteiger partial charge in [0.15, 0.2) is 5.76 Å². The van der Waals surface area contributed by atoms with E-state index in [4.69, 9.17) is 4.42 Å². The third-order valence-electron chi connectivity index (χ3n) is 4.89. The van der Waals surface area contributed by atoms with Crippen molar-refractivity contribution in [2.24, 2.45) is 0 Å². The highest BCUT2D eigenvalue weighted by Gasteiger charge is 2.17. The number of nitro groups is 1. The van der Waals surface area contributed by atoms with Crippen molar-refractivity contribution in [3.63, 3.8) is 0 Å². The second kappa shape index (κ2) is 8.82. The van der Waals surface area contributed by atoms with Crippen LogP contribution in [0.3, 0.4) is 0 Å². The predicted molar refractivity (Wildman–Crippen MR) is 116 cm³/mol. The summed E-state index contributed by atoms with van der Waals surface area (Å²) in [5, 5.41) is 16.6. The molecule has 0 bridgehead atoms. The zero-order valence-corrected chi connectivity index (χ0v) is 17.0. The number of furan rings is 1. The molecule has 2 N–H and O–H groups in total. The molecule has 1 aromatic carbocycles. The summed E-state index contributed by atoms with van der Waals surface area (Å²) < 4.78 is 4.91. The SMILES string of the molecule is Cc1cc(Nc2ccc(NC(=O)c3ccc([N+](=O)[O-])o3)cc2)nc(N2CCCCC2)n1. The van der Waals surface area contributed by atoms with Crippen LogP contribution < -0.4 is 15.5 Å². The largest absolute Gasteiger partial charge is 0.433 e. The molecule has 1 fully saturated rings. The number of piperidine rings is 1. The van der Waals surface area contributed by atoms with Crippen LogP contribution in [0.2, 0.25) is 0 Å². The Morgan fingerprint density at radius 2 is 1.77 bits per heavy atom.